The molecule has 0 bridgehead atoms. The molecule has 5 rings (SSSR count). The Hall–Kier alpha value is -0.300. The van der Waals surface area contributed by atoms with Crippen molar-refractivity contribution in [3.63, 3.8) is 0 Å². The minimum absolute atomic E-state index is 0.0766. The molecule has 1 N–H and O–H groups in total. The van der Waals surface area contributed by atoms with Crippen LogP contribution in [-0.2, 0) is 0 Å². The van der Waals surface area contributed by atoms with Gasteiger partial charge in [0, 0.05) is 0 Å². The van der Waals surface area contributed by atoms with E-state index in [4.69, 9.17) is 0 Å². The molecule has 0 aromatic heterocycles. The molecule has 5 aliphatic rings. The van der Waals surface area contributed by atoms with Gasteiger partial charge in [-0.05, 0) is 104 Å². The maximum Gasteiger partial charge on any atom is 0.0577 e. The third-order valence-electron chi connectivity index (χ3n) is 13.2. The van der Waals surface area contributed by atoms with Gasteiger partial charge < -0.3 is 5.11 Å². The fourth-order valence-electron chi connectivity index (χ4n) is 10.8. The second kappa shape index (κ2) is 14.2. The summed E-state index contributed by atoms with van der Waals surface area (Å²) in [5.74, 6) is 6.56. The highest BCUT2D eigenvalue weighted by Gasteiger charge is 2.59. The van der Waals surface area contributed by atoms with Gasteiger partial charge in [0.2, 0.25) is 0 Å². The van der Waals surface area contributed by atoms with Gasteiger partial charge >= 0.3 is 0 Å². The zero-order valence-corrected chi connectivity index (χ0v) is 27.3. The van der Waals surface area contributed by atoms with Gasteiger partial charge in [-0.25, -0.2) is 0 Å². The molecule has 1 nitrogen and oxygen atoms in total. The van der Waals surface area contributed by atoms with Crippen molar-refractivity contribution >= 4 is 0 Å². The highest BCUT2D eigenvalue weighted by atomic mass is 16.3. The number of unbranched alkanes of at least 4 members (excludes halogenated alkanes) is 2. The van der Waals surface area contributed by atoms with Crippen LogP contribution in [0.5, 0.6) is 0 Å². The summed E-state index contributed by atoms with van der Waals surface area (Å²) in [5.41, 5.74) is 2.60. The fourth-order valence-corrected chi connectivity index (χ4v) is 10.8. The van der Waals surface area contributed by atoms with Crippen molar-refractivity contribution in [2.24, 2.45) is 52.3 Å². The lowest BCUT2D eigenvalue weighted by Crippen LogP contribution is -2.50. The molecule has 0 saturated heterocycles. The molecular formula is C38H68O. The average Bonchev–Trinajstić information content (AvgIpc) is 3.27. The van der Waals surface area contributed by atoms with Crippen LogP contribution in [0.25, 0.3) is 0 Å². The highest BCUT2D eigenvalue weighted by molar-refractivity contribution is 5.25. The molecule has 0 aromatic rings. The quantitative estimate of drug-likeness (QED) is 0.228. The van der Waals surface area contributed by atoms with Crippen molar-refractivity contribution in [1.29, 1.82) is 0 Å². The first-order valence-electron chi connectivity index (χ1n) is 18.1. The van der Waals surface area contributed by atoms with E-state index in [0.717, 1.165) is 54.3 Å². The predicted molar refractivity (Wildman–Crippen MR) is 170 cm³/mol. The van der Waals surface area contributed by atoms with Gasteiger partial charge in [0.25, 0.3) is 0 Å². The Bertz CT molecular complexity index is 761. The number of fused-ring (bicyclic) bond motifs is 5. The van der Waals surface area contributed by atoms with E-state index in [1.165, 1.54) is 116 Å². The lowest BCUT2D eigenvalue weighted by atomic mass is 9.47. The van der Waals surface area contributed by atoms with Crippen LogP contribution in [0.1, 0.15) is 170 Å². The van der Waals surface area contributed by atoms with E-state index in [0.29, 0.717) is 10.8 Å². The van der Waals surface area contributed by atoms with E-state index in [1.54, 1.807) is 5.57 Å². The number of aliphatic hydroxyl groups excluding tert-OH is 1. The van der Waals surface area contributed by atoms with Crippen molar-refractivity contribution in [2.75, 3.05) is 0 Å². The van der Waals surface area contributed by atoms with Crippen LogP contribution in [0.15, 0.2) is 11.6 Å². The number of allylic oxidation sites excluding steroid dienone is 1. The van der Waals surface area contributed by atoms with Gasteiger partial charge in [-0.3, -0.25) is 0 Å². The predicted octanol–water partition coefficient (Wildman–Crippen LogP) is 11.5. The zero-order chi connectivity index (χ0) is 28.0. The van der Waals surface area contributed by atoms with E-state index in [9.17, 15) is 5.11 Å². The maximum atomic E-state index is 10.2. The Balaban J connectivity index is 0.000000270. The van der Waals surface area contributed by atoms with Gasteiger partial charge in [-0.2, -0.15) is 0 Å². The minimum Gasteiger partial charge on any atom is -0.393 e. The van der Waals surface area contributed by atoms with Crippen molar-refractivity contribution in [3.8, 4) is 0 Å². The van der Waals surface area contributed by atoms with Gasteiger partial charge in [-0.1, -0.05) is 130 Å². The molecular weight excluding hydrogens is 472 g/mol. The van der Waals surface area contributed by atoms with Crippen LogP contribution in [0.4, 0.5) is 0 Å². The smallest absolute Gasteiger partial charge is 0.0577 e. The largest absolute Gasteiger partial charge is 0.393 e. The third-order valence-corrected chi connectivity index (χ3v) is 13.2. The molecule has 0 heterocycles. The van der Waals surface area contributed by atoms with Crippen LogP contribution in [-0.4, -0.2) is 11.2 Å². The Kier molecular flexibility index (Phi) is 11.6. The van der Waals surface area contributed by atoms with Crippen molar-refractivity contribution < 1.29 is 5.11 Å². The van der Waals surface area contributed by atoms with Crippen LogP contribution in [0.2, 0.25) is 0 Å². The number of hydrogen-bond donors (Lipinski definition) is 1. The van der Waals surface area contributed by atoms with Crippen LogP contribution < -0.4 is 0 Å². The molecule has 8 atom stereocenters. The van der Waals surface area contributed by atoms with E-state index in [1.807, 2.05) is 0 Å². The number of rotatable bonds is 9. The Morgan fingerprint density at radius 2 is 1.62 bits per heavy atom. The topological polar surface area (TPSA) is 20.2 Å². The molecule has 5 aliphatic carbocycles. The minimum atomic E-state index is -0.0766. The van der Waals surface area contributed by atoms with Crippen LogP contribution >= 0.6 is 0 Å². The summed E-state index contributed by atoms with van der Waals surface area (Å²) in [6, 6.07) is 0. The normalized spacial score (nSPS) is 39.2. The van der Waals surface area contributed by atoms with Crippen molar-refractivity contribution in [2.45, 2.75) is 176 Å². The van der Waals surface area contributed by atoms with E-state index in [-0.39, 0.29) is 6.10 Å². The standard InChI is InChI=1S/C27H46O.C11H22/c1-18(2)7-6-8-19(3)23-11-12-24-22-10-9-20-17-21(28)13-15-26(20,4)25(22)14-16-27(23,24)5;1-2-3-5-8-11-9-6-4-7-10-11/h9,18-19,21-25,28H,6-8,10-17H2,1-5H3;11H,2-10H2,1H3/t19-,21+,22+,23-,24+,25+,26+,27-;/m1./s1. The molecule has 226 valence electrons. The van der Waals surface area contributed by atoms with Gasteiger partial charge in [0.05, 0.1) is 6.10 Å². The van der Waals surface area contributed by atoms with Gasteiger partial charge in [-0.15, -0.1) is 0 Å². The lowest BCUT2D eigenvalue weighted by molar-refractivity contribution is -0.0573. The van der Waals surface area contributed by atoms with Crippen LogP contribution in [0.3, 0.4) is 0 Å². The Morgan fingerprint density at radius 1 is 0.846 bits per heavy atom. The van der Waals surface area contributed by atoms with E-state index in [2.05, 4.69) is 47.6 Å². The van der Waals surface area contributed by atoms with Gasteiger partial charge in [0.15, 0.2) is 0 Å². The first-order chi connectivity index (χ1) is 18.7. The summed E-state index contributed by atoms with van der Waals surface area (Å²) in [7, 11) is 0. The molecule has 0 unspecified atom stereocenters. The first kappa shape index (κ1) is 31.6. The average molecular weight is 541 g/mol. The molecule has 4 fully saturated rings. The SMILES string of the molecule is CC(C)CCC[C@@H](C)[C@H]1CC[C@H]2[C@@H]3CC=C4C[C@@H](O)CC[C@]4(C)[C@H]3CC[C@]12C.CCCCCC1CCCCC1. The van der Waals surface area contributed by atoms with Crippen molar-refractivity contribution in [1.82, 2.24) is 0 Å². The van der Waals surface area contributed by atoms with Crippen molar-refractivity contribution in [3.05, 3.63) is 11.6 Å². The van der Waals surface area contributed by atoms with E-state index < -0.39 is 0 Å². The Morgan fingerprint density at radius 3 is 2.33 bits per heavy atom. The number of aliphatic hydroxyl groups is 1. The monoisotopic (exact) mass is 541 g/mol. The summed E-state index contributed by atoms with van der Waals surface area (Å²) < 4.78 is 0. The second-order valence-corrected chi connectivity index (χ2v) is 16.2. The first-order valence-corrected chi connectivity index (χ1v) is 18.1. The third kappa shape index (κ3) is 7.38. The fraction of sp³-hybridized carbons (Fsp3) is 0.947. The highest BCUT2D eigenvalue weighted by Crippen LogP contribution is 2.67. The Labute approximate surface area is 244 Å². The molecule has 39 heavy (non-hydrogen) atoms. The summed E-state index contributed by atoms with van der Waals surface area (Å²) in [4.78, 5) is 0. The van der Waals surface area contributed by atoms with E-state index >= 15 is 0 Å². The second-order valence-electron chi connectivity index (χ2n) is 16.2. The summed E-state index contributed by atoms with van der Waals surface area (Å²) >= 11 is 0. The molecule has 0 radical (unpaired) electrons. The zero-order valence-electron chi connectivity index (χ0n) is 27.3. The molecule has 1 heteroatoms. The van der Waals surface area contributed by atoms with Gasteiger partial charge in [0.1, 0.15) is 0 Å². The maximum absolute atomic E-state index is 10.2. The molecule has 0 amide bonds. The number of hydrogen-bond acceptors (Lipinski definition) is 1. The molecule has 4 saturated carbocycles. The summed E-state index contributed by atoms with van der Waals surface area (Å²) in [6.07, 6.45) is 30.6. The molecule has 0 spiro atoms. The summed E-state index contributed by atoms with van der Waals surface area (Å²) in [6.45, 7) is 14.9. The summed E-state index contributed by atoms with van der Waals surface area (Å²) in [5, 5.41) is 10.2. The molecule has 0 aromatic carbocycles. The lowest BCUT2D eigenvalue weighted by Gasteiger charge is -2.58. The molecule has 0 aliphatic heterocycles. The van der Waals surface area contributed by atoms with Crippen LogP contribution in [0, 0.1) is 52.3 Å².